The Balaban J connectivity index is 2.66. The first kappa shape index (κ1) is 2.58. The van der Waals surface area contributed by atoms with Crippen molar-refractivity contribution in [1.29, 1.82) is 0 Å². The molecule has 0 atom stereocenters. The molecule has 4 heteroatoms. The number of nitrogens with zero attached hydrogens (tertiary/aromatic N) is 3. The Morgan fingerprint density at radius 1 is 1.33 bits per heavy atom. The molecule has 0 unspecified atom stereocenters. The SMILES string of the molecule is [2H]C1([2H])N(c2cnc(N)cn2)C([2H])([2H])C([2H])([2H])C1([2H])[2H]. The highest BCUT2D eigenvalue weighted by Gasteiger charge is 2.12. The summed E-state index contributed by atoms with van der Waals surface area (Å²) in [6.07, 6.45) is -4.15. The van der Waals surface area contributed by atoms with Crippen LogP contribution in [0.25, 0.3) is 0 Å². The zero-order valence-electron chi connectivity index (χ0n) is 14.1. The summed E-state index contributed by atoms with van der Waals surface area (Å²) >= 11 is 0. The summed E-state index contributed by atoms with van der Waals surface area (Å²) in [6.45, 7) is -5.91. The summed E-state index contributed by atoms with van der Waals surface area (Å²) in [6, 6.07) is 0. The Bertz CT molecular complexity index is 502. The highest BCUT2D eigenvalue weighted by molar-refractivity contribution is 5.39. The van der Waals surface area contributed by atoms with E-state index in [0.29, 0.717) is 4.90 Å². The lowest BCUT2D eigenvalue weighted by molar-refractivity contribution is 0.928. The molecule has 1 fully saturated rings. The highest BCUT2D eigenvalue weighted by Crippen LogP contribution is 2.16. The third-order valence-corrected chi connectivity index (χ3v) is 1.29. The molecule has 1 aromatic heterocycles. The van der Waals surface area contributed by atoms with Gasteiger partial charge in [-0.25, -0.2) is 9.97 Å². The molecule has 2 N–H and O–H groups in total. The maximum Gasteiger partial charge on any atom is 0.147 e. The summed E-state index contributed by atoms with van der Waals surface area (Å²) in [4.78, 5) is 7.68. The second-order valence-electron chi connectivity index (χ2n) is 2.11. The van der Waals surface area contributed by atoms with Crippen LogP contribution < -0.4 is 10.6 Å². The third kappa shape index (κ3) is 1.32. The Labute approximate surface area is 82.7 Å². The lowest BCUT2D eigenvalue weighted by Crippen LogP contribution is -2.19. The predicted octanol–water partition coefficient (Wildman–Crippen LogP) is 0.659. The number of anilines is 2. The van der Waals surface area contributed by atoms with Crippen molar-refractivity contribution in [2.24, 2.45) is 0 Å². The molecule has 0 spiro atoms. The maximum absolute atomic E-state index is 7.79. The van der Waals surface area contributed by atoms with Crippen LogP contribution in [0, 0.1) is 0 Å². The van der Waals surface area contributed by atoms with Gasteiger partial charge in [0, 0.05) is 24.0 Å². The number of hydrogen-bond donors (Lipinski definition) is 1. The van der Waals surface area contributed by atoms with Gasteiger partial charge < -0.3 is 10.6 Å². The van der Waals surface area contributed by atoms with E-state index in [2.05, 4.69) is 9.97 Å². The Hall–Kier alpha value is -1.32. The van der Waals surface area contributed by atoms with Crippen molar-refractivity contribution in [1.82, 2.24) is 9.97 Å². The van der Waals surface area contributed by atoms with E-state index in [9.17, 15) is 0 Å². The summed E-state index contributed by atoms with van der Waals surface area (Å²) in [5, 5.41) is 0. The molecule has 1 aromatic rings. The van der Waals surface area contributed by atoms with Crippen molar-refractivity contribution < 1.29 is 11.0 Å². The molecule has 0 aliphatic carbocycles. The van der Waals surface area contributed by atoms with Gasteiger partial charge in [0.15, 0.2) is 0 Å². The Morgan fingerprint density at radius 2 is 2.08 bits per heavy atom. The molecule has 0 radical (unpaired) electrons. The monoisotopic (exact) mass is 172 g/mol. The minimum atomic E-state index is -3.09. The van der Waals surface area contributed by atoms with E-state index >= 15 is 0 Å². The molecular weight excluding hydrogens is 152 g/mol. The molecule has 1 aliphatic heterocycles. The third-order valence-electron chi connectivity index (χ3n) is 1.29. The molecule has 0 amide bonds. The minimum absolute atomic E-state index is 0.0279. The van der Waals surface area contributed by atoms with Crippen LogP contribution in [0.1, 0.15) is 23.7 Å². The molecule has 0 aromatic carbocycles. The first-order chi connectivity index (χ1) is 8.87. The first-order valence-electron chi connectivity index (χ1n) is 7.25. The van der Waals surface area contributed by atoms with Gasteiger partial charge in [-0.1, -0.05) is 0 Å². The first-order valence-corrected chi connectivity index (χ1v) is 3.25. The Kier molecular flexibility index (Phi) is 0.639. The number of aromatic nitrogens is 2. The van der Waals surface area contributed by atoms with E-state index in [0.717, 1.165) is 12.4 Å². The maximum atomic E-state index is 7.79. The minimum Gasteiger partial charge on any atom is -0.382 e. The van der Waals surface area contributed by atoms with Crippen LogP contribution in [0.15, 0.2) is 12.4 Å². The van der Waals surface area contributed by atoms with Crippen molar-refractivity contribution in [3.8, 4) is 0 Å². The Morgan fingerprint density at radius 3 is 2.67 bits per heavy atom. The fraction of sp³-hybridized carbons (Fsp3) is 0.500. The lowest BCUT2D eigenvalue weighted by atomic mass is 10.4. The summed E-state index contributed by atoms with van der Waals surface area (Å²) in [7, 11) is 0. The lowest BCUT2D eigenvalue weighted by Gasteiger charge is -2.14. The molecule has 2 rings (SSSR count). The second kappa shape index (κ2) is 2.97. The summed E-state index contributed by atoms with van der Waals surface area (Å²) in [5.41, 5.74) is 5.34. The fourth-order valence-corrected chi connectivity index (χ4v) is 0.757. The molecule has 1 saturated heterocycles. The quantitative estimate of drug-likeness (QED) is 0.676. The van der Waals surface area contributed by atoms with Gasteiger partial charge in [-0.05, 0) is 12.7 Å². The van der Waals surface area contributed by atoms with Crippen LogP contribution in [-0.4, -0.2) is 23.0 Å². The average Bonchev–Trinajstić information content (AvgIpc) is 2.36. The van der Waals surface area contributed by atoms with Crippen LogP contribution in [-0.2, 0) is 0 Å². The van der Waals surface area contributed by atoms with E-state index in [-0.39, 0.29) is 11.6 Å². The molecule has 2 heterocycles. The molecule has 64 valence electrons. The zero-order valence-corrected chi connectivity index (χ0v) is 6.07. The van der Waals surface area contributed by atoms with Gasteiger partial charge in [-0.15, -0.1) is 0 Å². The highest BCUT2D eigenvalue weighted by atomic mass is 15.2. The number of nitrogen functional groups attached to an aromatic ring is 1. The van der Waals surface area contributed by atoms with E-state index in [1.807, 2.05) is 0 Å². The standard InChI is InChI=1S/C8H12N4/c9-7-5-11-8(6-10-7)12-3-1-2-4-12/h5-6H,1-4H2,(H2,9,10)/i1D2,2D2,3D2,4D2. The van der Waals surface area contributed by atoms with Crippen LogP contribution in [0.3, 0.4) is 0 Å². The summed E-state index contributed by atoms with van der Waals surface area (Å²) in [5.74, 6) is -0.306. The van der Waals surface area contributed by atoms with E-state index in [4.69, 9.17) is 16.7 Å². The van der Waals surface area contributed by atoms with E-state index in [1.54, 1.807) is 0 Å². The van der Waals surface area contributed by atoms with Gasteiger partial charge in [0.2, 0.25) is 0 Å². The van der Waals surface area contributed by atoms with Crippen molar-refractivity contribution in [3.05, 3.63) is 12.4 Å². The van der Waals surface area contributed by atoms with E-state index in [1.165, 1.54) is 0 Å². The van der Waals surface area contributed by atoms with Crippen molar-refractivity contribution in [2.45, 2.75) is 12.7 Å². The van der Waals surface area contributed by atoms with Crippen molar-refractivity contribution in [3.63, 3.8) is 0 Å². The van der Waals surface area contributed by atoms with Gasteiger partial charge in [0.05, 0.1) is 12.4 Å². The molecule has 12 heavy (non-hydrogen) atoms. The summed E-state index contributed by atoms with van der Waals surface area (Å²) < 4.78 is 61.7. The van der Waals surface area contributed by atoms with Gasteiger partial charge in [-0.2, -0.15) is 0 Å². The van der Waals surface area contributed by atoms with Gasteiger partial charge in [0.25, 0.3) is 0 Å². The van der Waals surface area contributed by atoms with Crippen LogP contribution in [0.4, 0.5) is 11.6 Å². The van der Waals surface area contributed by atoms with Crippen molar-refractivity contribution >= 4 is 11.6 Å². The molecule has 4 nitrogen and oxygen atoms in total. The van der Waals surface area contributed by atoms with Crippen LogP contribution >= 0.6 is 0 Å². The van der Waals surface area contributed by atoms with Crippen LogP contribution in [0.5, 0.6) is 0 Å². The number of hydrogen-bond acceptors (Lipinski definition) is 4. The normalized spacial score (nSPS) is 43.5. The molecule has 1 aliphatic rings. The predicted molar refractivity (Wildman–Crippen MR) is 47.9 cm³/mol. The molecular formula is C8H12N4. The topological polar surface area (TPSA) is 55.0 Å². The largest absolute Gasteiger partial charge is 0.382 e. The average molecular weight is 172 g/mol. The van der Waals surface area contributed by atoms with Crippen LogP contribution in [0.2, 0.25) is 0 Å². The van der Waals surface area contributed by atoms with Gasteiger partial charge >= 0.3 is 0 Å². The van der Waals surface area contributed by atoms with Gasteiger partial charge in [-0.3, -0.25) is 0 Å². The molecule has 0 saturated carbocycles. The zero-order chi connectivity index (χ0) is 15.6. The fourth-order valence-electron chi connectivity index (χ4n) is 0.757. The van der Waals surface area contributed by atoms with Crippen molar-refractivity contribution in [2.75, 3.05) is 23.6 Å². The number of nitrogens with two attached hydrogens (primary N) is 1. The second-order valence-corrected chi connectivity index (χ2v) is 2.11. The number of rotatable bonds is 1. The van der Waals surface area contributed by atoms with E-state index < -0.39 is 25.7 Å². The van der Waals surface area contributed by atoms with Gasteiger partial charge in [0.1, 0.15) is 11.6 Å². The molecule has 0 bridgehead atoms. The smallest absolute Gasteiger partial charge is 0.147 e.